The predicted molar refractivity (Wildman–Crippen MR) is 87.7 cm³/mol. The van der Waals surface area contributed by atoms with Crippen LogP contribution in [0.15, 0.2) is 53.5 Å². The Balaban J connectivity index is 1.76. The van der Waals surface area contributed by atoms with Crippen LogP contribution >= 0.6 is 11.3 Å². The van der Waals surface area contributed by atoms with Crippen molar-refractivity contribution in [3.05, 3.63) is 59.3 Å². The van der Waals surface area contributed by atoms with E-state index in [9.17, 15) is 8.78 Å². The lowest BCUT2D eigenvalue weighted by Gasteiger charge is -2.12. The Morgan fingerprint density at radius 3 is 2.58 bits per heavy atom. The van der Waals surface area contributed by atoms with E-state index in [2.05, 4.69) is 15.0 Å². The molecule has 0 saturated heterocycles. The summed E-state index contributed by atoms with van der Waals surface area (Å²) in [4.78, 5) is 13.1. The quantitative estimate of drug-likeness (QED) is 0.685. The van der Waals surface area contributed by atoms with E-state index >= 15 is 0 Å². The number of allylic oxidation sites excluding steroid dienone is 4. The molecule has 0 bridgehead atoms. The molecule has 0 radical (unpaired) electrons. The van der Waals surface area contributed by atoms with E-state index in [0.717, 1.165) is 4.70 Å². The molecule has 1 aromatic carbocycles. The Morgan fingerprint density at radius 2 is 1.83 bits per heavy atom. The molecule has 0 saturated carbocycles. The average molecular weight is 343 g/mol. The molecule has 0 atom stereocenters. The Labute approximate surface area is 140 Å². The van der Waals surface area contributed by atoms with Gasteiger partial charge in [-0.3, -0.25) is 0 Å². The Hall–Kier alpha value is -2.67. The van der Waals surface area contributed by atoms with E-state index in [1.807, 2.05) is 0 Å². The fourth-order valence-corrected chi connectivity index (χ4v) is 2.99. The molecule has 0 fully saturated rings. The summed E-state index contributed by atoms with van der Waals surface area (Å²) in [5, 5.41) is 0. The summed E-state index contributed by atoms with van der Waals surface area (Å²) >= 11 is 1.37. The lowest BCUT2D eigenvalue weighted by molar-refractivity contribution is 0.383. The summed E-state index contributed by atoms with van der Waals surface area (Å²) in [5.41, 5.74) is 2.84. The highest BCUT2D eigenvalue weighted by molar-refractivity contribution is 7.17. The Morgan fingerprint density at radius 1 is 1.00 bits per heavy atom. The van der Waals surface area contributed by atoms with Crippen LogP contribution in [0.4, 0.5) is 8.78 Å². The van der Waals surface area contributed by atoms with Crippen molar-refractivity contribution in [1.82, 2.24) is 15.0 Å². The molecule has 3 aromatic rings. The Kier molecular flexibility index (Phi) is 3.78. The zero-order valence-electron chi connectivity index (χ0n) is 12.4. The molecule has 7 heteroatoms. The lowest BCUT2D eigenvalue weighted by Crippen LogP contribution is -2.02. The largest absolute Gasteiger partial charge is 0.442 e. The molecule has 4 nitrogen and oxygen atoms in total. The van der Waals surface area contributed by atoms with E-state index < -0.39 is 0 Å². The van der Waals surface area contributed by atoms with Crippen LogP contribution in [0.3, 0.4) is 0 Å². The van der Waals surface area contributed by atoms with Crippen LogP contribution in [0.25, 0.3) is 21.7 Å². The standard InChI is InChI=1S/C17H11F2N3OS/c18-11-3-1-10(2-4-11)15-21-16-14(24-9-20-16)17(22-15)23-13-7-5-12(19)6-8-13/h1-5,7,9H,6,8H2. The third kappa shape index (κ3) is 2.90. The van der Waals surface area contributed by atoms with E-state index in [1.165, 1.54) is 29.5 Å². The first-order valence-corrected chi connectivity index (χ1v) is 8.17. The van der Waals surface area contributed by atoms with Crippen LogP contribution in [-0.2, 0) is 0 Å². The summed E-state index contributed by atoms with van der Waals surface area (Å²) < 4.78 is 32.8. The van der Waals surface area contributed by atoms with E-state index in [-0.39, 0.29) is 11.6 Å². The molecule has 2 heterocycles. The first-order valence-electron chi connectivity index (χ1n) is 7.29. The highest BCUT2D eigenvalue weighted by atomic mass is 32.1. The van der Waals surface area contributed by atoms with Gasteiger partial charge in [-0.1, -0.05) is 0 Å². The summed E-state index contributed by atoms with van der Waals surface area (Å²) in [5.74, 6) is 0.922. The summed E-state index contributed by atoms with van der Waals surface area (Å²) in [6.45, 7) is 0. The molecular weight excluding hydrogens is 332 g/mol. The number of thiazole rings is 1. The fraction of sp³-hybridized carbons (Fsp3) is 0.118. The molecule has 0 unspecified atom stereocenters. The highest BCUT2D eigenvalue weighted by Gasteiger charge is 2.16. The van der Waals surface area contributed by atoms with Gasteiger partial charge in [0.2, 0.25) is 5.88 Å². The molecule has 0 N–H and O–H groups in total. The monoisotopic (exact) mass is 343 g/mol. The summed E-state index contributed by atoms with van der Waals surface area (Å²) in [6.07, 6.45) is 3.78. The molecule has 0 aliphatic heterocycles. The minimum absolute atomic E-state index is 0.167. The van der Waals surface area contributed by atoms with Gasteiger partial charge in [0.05, 0.1) is 5.51 Å². The minimum Gasteiger partial charge on any atom is -0.442 e. The van der Waals surface area contributed by atoms with Crippen molar-refractivity contribution >= 4 is 21.7 Å². The van der Waals surface area contributed by atoms with Crippen molar-refractivity contribution in [3.63, 3.8) is 0 Å². The van der Waals surface area contributed by atoms with Crippen LogP contribution in [0, 0.1) is 5.82 Å². The van der Waals surface area contributed by atoms with Gasteiger partial charge in [-0.2, -0.15) is 4.98 Å². The molecule has 0 amide bonds. The van der Waals surface area contributed by atoms with E-state index in [0.29, 0.717) is 41.5 Å². The van der Waals surface area contributed by atoms with Gasteiger partial charge in [-0.15, -0.1) is 11.3 Å². The number of hydrogen-bond acceptors (Lipinski definition) is 5. The highest BCUT2D eigenvalue weighted by Crippen LogP contribution is 2.31. The maximum atomic E-state index is 13.1. The van der Waals surface area contributed by atoms with Crippen LogP contribution in [0.5, 0.6) is 5.88 Å². The molecule has 120 valence electrons. The second-order valence-corrected chi connectivity index (χ2v) is 6.07. The number of aromatic nitrogens is 3. The van der Waals surface area contributed by atoms with Crippen molar-refractivity contribution in [1.29, 1.82) is 0 Å². The van der Waals surface area contributed by atoms with Crippen molar-refractivity contribution in [2.24, 2.45) is 0 Å². The predicted octanol–water partition coefficient (Wildman–Crippen LogP) is 4.80. The lowest BCUT2D eigenvalue weighted by atomic mass is 10.1. The fourth-order valence-electron chi connectivity index (χ4n) is 2.34. The van der Waals surface area contributed by atoms with Gasteiger partial charge in [-0.05, 0) is 36.4 Å². The van der Waals surface area contributed by atoms with Crippen LogP contribution < -0.4 is 4.74 Å². The zero-order chi connectivity index (χ0) is 16.5. The third-order valence-corrected chi connectivity index (χ3v) is 4.36. The van der Waals surface area contributed by atoms with E-state index in [4.69, 9.17) is 4.74 Å². The van der Waals surface area contributed by atoms with Gasteiger partial charge in [0.15, 0.2) is 11.5 Å². The van der Waals surface area contributed by atoms with Crippen LogP contribution in [-0.4, -0.2) is 15.0 Å². The van der Waals surface area contributed by atoms with Crippen molar-refractivity contribution in [3.8, 4) is 17.3 Å². The minimum atomic E-state index is -0.328. The number of ether oxygens (including phenoxy) is 1. The van der Waals surface area contributed by atoms with E-state index in [1.54, 1.807) is 23.7 Å². The maximum absolute atomic E-state index is 13.1. The first kappa shape index (κ1) is 14.9. The number of hydrogen-bond donors (Lipinski definition) is 0. The third-order valence-electron chi connectivity index (χ3n) is 3.55. The number of benzene rings is 1. The SMILES string of the molecule is FC1=CC=C(Oc2nc(-c3ccc(F)cc3)nc3ncsc23)CC1. The Bertz CT molecular complexity index is 964. The van der Waals surface area contributed by atoms with Gasteiger partial charge in [0.25, 0.3) is 0 Å². The molecule has 1 aliphatic carbocycles. The van der Waals surface area contributed by atoms with Crippen molar-refractivity contribution in [2.75, 3.05) is 0 Å². The van der Waals surface area contributed by atoms with Gasteiger partial charge < -0.3 is 4.74 Å². The van der Waals surface area contributed by atoms with Gasteiger partial charge in [-0.25, -0.2) is 18.7 Å². The molecule has 2 aromatic heterocycles. The summed E-state index contributed by atoms with van der Waals surface area (Å²) in [7, 11) is 0. The second kappa shape index (κ2) is 6.09. The molecule has 24 heavy (non-hydrogen) atoms. The first-order chi connectivity index (χ1) is 11.7. The molecule has 4 rings (SSSR count). The van der Waals surface area contributed by atoms with Crippen molar-refractivity contribution < 1.29 is 13.5 Å². The van der Waals surface area contributed by atoms with Crippen molar-refractivity contribution in [2.45, 2.75) is 12.8 Å². The van der Waals surface area contributed by atoms with Crippen LogP contribution in [0.1, 0.15) is 12.8 Å². The maximum Gasteiger partial charge on any atom is 0.242 e. The van der Waals surface area contributed by atoms with Gasteiger partial charge >= 0.3 is 0 Å². The van der Waals surface area contributed by atoms with Crippen LogP contribution in [0.2, 0.25) is 0 Å². The molecule has 0 spiro atoms. The number of fused-ring (bicyclic) bond motifs is 1. The number of rotatable bonds is 3. The summed E-state index contributed by atoms with van der Waals surface area (Å²) in [6, 6.07) is 5.90. The average Bonchev–Trinajstić information content (AvgIpc) is 3.06. The van der Waals surface area contributed by atoms with Gasteiger partial charge in [0.1, 0.15) is 22.1 Å². The number of halogens is 2. The van der Waals surface area contributed by atoms with Gasteiger partial charge in [0, 0.05) is 18.4 Å². The normalized spacial score (nSPS) is 14.4. The zero-order valence-corrected chi connectivity index (χ0v) is 13.2. The second-order valence-electron chi connectivity index (χ2n) is 5.21. The topological polar surface area (TPSA) is 47.9 Å². The smallest absolute Gasteiger partial charge is 0.242 e. The number of nitrogens with zero attached hydrogens (tertiary/aromatic N) is 3. The molecular formula is C17H11F2N3OS. The molecule has 1 aliphatic rings.